The Morgan fingerprint density at radius 2 is 2.29 bits per heavy atom. The van der Waals surface area contributed by atoms with E-state index in [9.17, 15) is 0 Å². The van der Waals surface area contributed by atoms with Crippen LogP contribution in [0.25, 0.3) is 0 Å². The van der Waals surface area contributed by atoms with Gasteiger partial charge in [-0.05, 0) is 63.8 Å². The zero-order valence-electron chi connectivity index (χ0n) is 9.78. The van der Waals surface area contributed by atoms with Crippen LogP contribution < -0.4 is 5.32 Å². The summed E-state index contributed by atoms with van der Waals surface area (Å²) in [6, 6.07) is 4.89. The molecule has 0 fully saturated rings. The maximum atomic E-state index is 3.63. The van der Waals surface area contributed by atoms with Crippen LogP contribution in [-0.4, -0.2) is 6.54 Å². The molecule has 1 nitrogen and oxygen atoms in total. The third-order valence-electron chi connectivity index (χ3n) is 2.59. The number of halogens is 1. The van der Waals surface area contributed by atoms with Crippen molar-refractivity contribution in [2.45, 2.75) is 25.8 Å². The van der Waals surface area contributed by atoms with Crippen LogP contribution >= 0.6 is 38.6 Å². The molecule has 92 valence electrons. The Balaban J connectivity index is 2.07. The number of rotatable bonds is 6. The molecule has 2 aromatic rings. The average Bonchev–Trinajstić information content (AvgIpc) is 2.95. The van der Waals surface area contributed by atoms with Crippen molar-refractivity contribution in [2.75, 3.05) is 6.54 Å². The predicted octanol–water partition coefficient (Wildman–Crippen LogP) is 4.86. The first kappa shape index (κ1) is 13.3. The van der Waals surface area contributed by atoms with Crippen molar-refractivity contribution >= 4 is 38.6 Å². The molecule has 2 rings (SSSR count). The highest BCUT2D eigenvalue weighted by molar-refractivity contribution is 9.10. The van der Waals surface area contributed by atoms with Crippen molar-refractivity contribution in [1.29, 1.82) is 0 Å². The van der Waals surface area contributed by atoms with Crippen LogP contribution in [0.4, 0.5) is 0 Å². The number of hydrogen-bond acceptors (Lipinski definition) is 3. The molecule has 17 heavy (non-hydrogen) atoms. The zero-order valence-corrected chi connectivity index (χ0v) is 13.0. The van der Waals surface area contributed by atoms with Crippen LogP contribution in [0.2, 0.25) is 0 Å². The highest BCUT2D eigenvalue weighted by atomic mass is 79.9. The van der Waals surface area contributed by atoms with Crippen LogP contribution in [0, 0.1) is 0 Å². The molecule has 2 aromatic heterocycles. The van der Waals surface area contributed by atoms with Crippen LogP contribution in [0.1, 0.15) is 29.8 Å². The van der Waals surface area contributed by atoms with Gasteiger partial charge in [0, 0.05) is 20.8 Å². The Kier molecular flexibility index (Phi) is 5.22. The van der Waals surface area contributed by atoms with E-state index in [0.717, 1.165) is 13.0 Å². The molecule has 0 saturated heterocycles. The second kappa shape index (κ2) is 6.69. The SMILES string of the molecule is CCCNC(Cc1ccsc1)c1cc(Br)cs1. The Morgan fingerprint density at radius 1 is 1.41 bits per heavy atom. The standard InChI is InChI=1S/C13H16BrNS2/c1-2-4-15-12(6-10-3-5-16-8-10)13-7-11(14)9-17-13/h3,5,7-9,12,15H,2,4,6H2,1H3. The Hall–Kier alpha value is -0.160. The minimum atomic E-state index is 0.445. The molecular formula is C13H16BrNS2. The average molecular weight is 330 g/mol. The predicted molar refractivity (Wildman–Crippen MR) is 81.1 cm³/mol. The number of thiophene rings is 2. The van der Waals surface area contributed by atoms with Gasteiger partial charge in [-0.1, -0.05) is 6.92 Å². The Labute approximate surface area is 119 Å². The fourth-order valence-corrected chi connectivity index (χ4v) is 3.95. The summed E-state index contributed by atoms with van der Waals surface area (Å²) in [6.07, 6.45) is 2.25. The van der Waals surface area contributed by atoms with E-state index in [1.54, 1.807) is 11.3 Å². The fourth-order valence-electron chi connectivity index (χ4n) is 1.75. The summed E-state index contributed by atoms with van der Waals surface area (Å²) in [6.45, 7) is 3.28. The van der Waals surface area contributed by atoms with Crippen molar-refractivity contribution in [2.24, 2.45) is 0 Å². The third-order valence-corrected chi connectivity index (χ3v) is 5.13. The van der Waals surface area contributed by atoms with Crippen molar-refractivity contribution in [3.8, 4) is 0 Å². The van der Waals surface area contributed by atoms with Gasteiger partial charge in [0.2, 0.25) is 0 Å². The maximum absolute atomic E-state index is 3.63. The van der Waals surface area contributed by atoms with Gasteiger partial charge >= 0.3 is 0 Å². The highest BCUT2D eigenvalue weighted by Crippen LogP contribution is 2.28. The first-order valence-corrected chi connectivity index (χ1v) is 8.39. The van der Waals surface area contributed by atoms with Crippen molar-refractivity contribution < 1.29 is 0 Å². The second-order valence-corrected chi connectivity index (χ2v) is 6.65. The Bertz CT molecular complexity index is 436. The molecule has 4 heteroatoms. The monoisotopic (exact) mass is 329 g/mol. The second-order valence-electron chi connectivity index (χ2n) is 4.01. The summed E-state index contributed by atoms with van der Waals surface area (Å²) in [5.41, 5.74) is 1.42. The molecule has 0 aliphatic carbocycles. The molecule has 1 atom stereocenters. The van der Waals surface area contributed by atoms with Crippen molar-refractivity contribution in [3.05, 3.63) is 43.2 Å². The zero-order chi connectivity index (χ0) is 12.1. The lowest BCUT2D eigenvalue weighted by Crippen LogP contribution is -2.23. The summed E-state index contributed by atoms with van der Waals surface area (Å²) < 4.78 is 1.19. The maximum Gasteiger partial charge on any atom is 0.0456 e. The first-order chi connectivity index (χ1) is 8.29. The van der Waals surface area contributed by atoms with Crippen LogP contribution in [-0.2, 0) is 6.42 Å². The van der Waals surface area contributed by atoms with E-state index in [2.05, 4.69) is 56.4 Å². The normalized spacial score (nSPS) is 12.8. The molecular weight excluding hydrogens is 314 g/mol. The minimum absolute atomic E-state index is 0.445. The molecule has 0 spiro atoms. The summed E-state index contributed by atoms with van der Waals surface area (Å²) in [4.78, 5) is 1.41. The van der Waals surface area contributed by atoms with E-state index in [0.29, 0.717) is 6.04 Å². The molecule has 0 aliphatic heterocycles. The van der Waals surface area contributed by atoms with Crippen molar-refractivity contribution in [1.82, 2.24) is 5.32 Å². The summed E-state index contributed by atoms with van der Waals surface area (Å²) >= 11 is 7.13. The molecule has 0 amide bonds. The number of hydrogen-bond donors (Lipinski definition) is 1. The molecule has 0 bridgehead atoms. The molecule has 0 radical (unpaired) electrons. The fraction of sp³-hybridized carbons (Fsp3) is 0.385. The van der Waals surface area contributed by atoms with Gasteiger partial charge < -0.3 is 5.32 Å². The Morgan fingerprint density at radius 3 is 2.88 bits per heavy atom. The van der Waals surface area contributed by atoms with Gasteiger partial charge in [0.05, 0.1) is 0 Å². The smallest absolute Gasteiger partial charge is 0.0456 e. The molecule has 1 N–H and O–H groups in total. The third kappa shape index (κ3) is 3.91. The van der Waals surface area contributed by atoms with E-state index in [-0.39, 0.29) is 0 Å². The van der Waals surface area contributed by atoms with Gasteiger partial charge in [-0.25, -0.2) is 0 Å². The van der Waals surface area contributed by atoms with E-state index in [4.69, 9.17) is 0 Å². The lowest BCUT2D eigenvalue weighted by atomic mass is 10.1. The van der Waals surface area contributed by atoms with Crippen LogP contribution in [0.5, 0.6) is 0 Å². The molecule has 2 heterocycles. The lowest BCUT2D eigenvalue weighted by Gasteiger charge is -2.16. The van der Waals surface area contributed by atoms with Gasteiger partial charge in [0.25, 0.3) is 0 Å². The van der Waals surface area contributed by atoms with Gasteiger partial charge in [-0.2, -0.15) is 11.3 Å². The van der Waals surface area contributed by atoms with Gasteiger partial charge in [-0.3, -0.25) is 0 Å². The van der Waals surface area contributed by atoms with E-state index in [1.165, 1.54) is 21.3 Å². The van der Waals surface area contributed by atoms with E-state index in [1.807, 2.05) is 11.3 Å². The largest absolute Gasteiger partial charge is 0.309 e. The van der Waals surface area contributed by atoms with Crippen molar-refractivity contribution in [3.63, 3.8) is 0 Å². The van der Waals surface area contributed by atoms with Gasteiger partial charge in [-0.15, -0.1) is 11.3 Å². The molecule has 1 unspecified atom stereocenters. The molecule has 0 saturated carbocycles. The minimum Gasteiger partial charge on any atom is -0.309 e. The lowest BCUT2D eigenvalue weighted by molar-refractivity contribution is 0.537. The highest BCUT2D eigenvalue weighted by Gasteiger charge is 2.13. The van der Waals surface area contributed by atoms with E-state index < -0.39 is 0 Å². The van der Waals surface area contributed by atoms with Crippen LogP contribution in [0.3, 0.4) is 0 Å². The van der Waals surface area contributed by atoms with E-state index >= 15 is 0 Å². The van der Waals surface area contributed by atoms with Gasteiger partial charge in [0.15, 0.2) is 0 Å². The summed E-state index contributed by atoms with van der Waals surface area (Å²) in [5.74, 6) is 0. The molecule has 0 aromatic carbocycles. The van der Waals surface area contributed by atoms with Crippen LogP contribution in [0.15, 0.2) is 32.7 Å². The van der Waals surface area contributed by atoms with Gasteiger partial charge in [0.1, 0.15) is 0 Å². The topological polar surface area (TPSA) is 12.0 Å². The quantitative estimate of drug-likeness (QED) is 0.798. The summed E-state index contributed by atoms with van der Waals surface area (Å²) in [5, 5.41) is 10.2. The molecule has 0 aliphatic rings. The summed E-state index contributed by atoms with van der Waals surface area (Å²) in [7, 11) is 0. The number of nitrogens with one attached hydrogen (secondary N) is 1. The first-order valence-electron chi connectivity index (χ1n) is 5.78.